The fourth-order valence-electron chi connectivity index (χ4n) is 3.64. The predicted molar refractivity (Wildman–Crippen MR) is 126 cm³/mol. The average molecular weight is 480 g/mol. The van der Waals surface area contributed by atoms with E-state index >= 15 is 0 Å². The number of rotatable bonds is 5. The third-order valence-electron chi connectivity index (χ3n) is 5.23. The Balaban J connectivity index is 1.39. The summed E-state index contributed by atoms with van der Waals surface area (Å²) in [5.41, 5.74) is 2.57. The molecule has 0 bridgehead atoms. The maximum atomic E-state index is 13.5. The lowest BCUT2D eigenvalue weighted by molar-refractivity contribution is -0.130. The maximum Gasteiger partial charge on any atom is 0.355 e. The molecule has 1 aliphatic heterocycles. The van der Waals surface area contributed by atoms with Gasteiger partial charge in [0, 0.05) is 12.6 Å². The summed E-state index contributed by atoms with van der Waals surface area (Å²) >= 11 is 2.65. The van der Waals surface area contributed by atoms with E-state index in [1.807, 2.05) is 30.5 Å². The molecule has 1 atom stereocenters. The highest BCUT2D eigenvalue weighted by Gasteiger charge is 2.33. The molecule has 3 aromatic heterocycles. The summed E-state index contributed by atoms with van der Waals surface area (Å²) in [6, 6.07) is 13.3. The number of fused-ring (bicyclic) bond motifs is 1. The van der Waals surface area contributed by atoms with Gasteiger partial charge in [-0.1, -0.05) is 36.0 Å². The number of nitrogens with zero attached hydrogens (tertiary/aromatic N) is 5. The number of benzene rings is 1. The Morgan fingerprint density at radius 2 is 2.00 bits per heavy atom. The van der Waals surface area contributed by atoms with Crippen LogP contribution < -0.4 is 5.69 Å². The number of thioether (sulfide) groups is 1. The molecule has 1 aromatic carbocycles. The van der Waals surface area contributed by atoms with Crippen LogP contribution in [0.25, 0.3) is 5.65 Å². The van der Waals surface area contributed by atoms with E-state index < -0.39 is 5.69 Å². The number of pyridine rings is 1. The summed E-state index contributed by atoms with van der Waals surface area (Å²) in [6.45, 7) is 1.88. The first-order valence-electron chi connectivity index (χ1n) is 10.2. The summed E-state index contributed by atoms with van der Waals surface area (Å²) in [4.78, 5) is 34.9. The van der Waals surface area contributed by atoms with Gasteiger partial charge in [0.05, 0.1) is 22.4 Å². The van der Waals surface area contributed by atoms with Crippen molar-refractivity contribution in [3.63, 3.8) is 0 Å². The summed E-state index contributed by atoms with van der Waals surface area (Å²) in [5, 5.41) is 8.24. The number of amides is 1. The SMILES string of the molecule is Cc1ccc2nc(SCC(=O)N3N=C(c4cccs4)C[C@H]3c3ccc(F)cc3)nc(=O)n2c1. The molecule has 1 aliphatic rings. The van der Waals surface area contributed by atoms with Gasteiger partial charge in [0.25, 0.3) is 5.91 Å². The van der Waals surface area contributed by atoms with Crippen LogP contribution in [0.3, 0.4) is 0 Å². The third kappa shape index (κ3) is 4.44. The van der Waals surface area contributed by atoms with Crippen LogP contribution in [0.2, 0.25) is 0 Å². The lowest BCUT2D eigenvalue weighted by Crippen LogP contribution is -2.29. The molecule has 4 aromatic rings. The molecule has 0 N–H and O–H groups in total. The highest BCUT2D eigenvalue weighted by molar-refractivity contribution is 7.99. The summed E-state index contributed by atoms with van der Waals surface area (Å²) < 4.78 is 14.8. The van der Waals surface area contributed by atoms with Crippen LogP contribution in [0.1, 0.15) is 28.5 Å². The normalized spacial score (nSPS) is 15.8. The van der Waals surface area contributed by atoms with Crippen molar-refractivity contribution in [2.75, 3.05) is 5.75 Å². The molecule has 0 fully saturated rings. The lowest BCUT2D eigenvalue weighted by atomic mass is 10.0. The van der Waals surface area contributed by atoms with Crippen molar-refractivity contribution in [1.82, 2.24) is 19.4 Å². The molecule has 0 radical (unpaired) electrons. The van der Waals surface area contributed by atoms with Gasteiger partial charge >= 0.3 is 5.69 Å². The Bertz CT molecular complexity index is 1420. The molecule has 0 saturated heterocycles. The molecule has 10 heteroatoms. The lowest BCUT2D eigenvalue weighted by Gasteiger charge is -2.21. The Labute approximate surface area is 196 Å². The van der Waals surface area contributed by atoms with Crippen molar-refractivity contribution < 1.29 is 9.18 Å². The fourth-order valence-corrected chi connectivity index (χ4v) is 5.04. The minimum Gasteiger partial charge on any atom is -0.272 e. The first-order valence-corrected chi connectivity index (χ1v) is 12.0. The predicted octanol–water partition coefficient (Wildman–Crippen LogP) is 4.07. The smallest absolute Gasteiger partial charge is 0.272 e. The van der Waals surface area contributed by atoms with Crippen molar-refractivity contribution >= 4 is 40.4 Å². The number of aromatic nitrogens is 3. The molecule has 0 spiro atoms. The molecule has 4 heterocycles. The van der Waals surface area contributed by atoms with Gasteiger partial charge in [-0.15, -0.1) is 11.3 Å². The van der Waals surface area contributed by atoms with E-state index in [0.29, 0.717) is 12.1 Å². The van der Waals surface area contributed by atoms with Gasteiger partial charge in [-0.05, 0) is 47.7 Å². The number of aryl methyl sites for hydroxylation is 1. The molecule has 0 aliphatic carbocycles. The van der Waals surface area contributed by atoms with Crippen molar-refractivity contribution in [3.05, 3.63) is 92.4 Å². The highest BCUT2D eigenvalue weighted by atomic mass is 32.2. The van der Waals surface area contributed by atoms with Crippen molar-refractivity contribution in [2.24, 2.45) is 5.10 Å². The highest BCUT2D eigenvalue weighted by Crippen LogP contribution is 2.34. The standard InChI is InChI=1S/C23H18FN5O2S2/c1-14-4-9-20-25-22(26-23(31)28(20)12-14)33-13-21(30)29-18(15-5-7-16(24)8-6-15)11-17(27-29)19-3-2-10-32-19/h2-10,12,18H,11,13H2,1H3/t18-/m0/s1. The van der Waals surface area contributed by atoms with Crippen LogP contribution in [0.15, 0.2) is 75.2 Å². The first kappa shape index (κ1) is 21.5. The van der Waals surface area contributed by atoms with E-state index in [4.69, 9.17) is 0 Å². The van der Waals surface area contributed by atoms with Crippen molar-refractivity contribution in [2.45, 2.75) is 24.5 Å². The molecule has 7 nitrogen and oxygen atoms in total. The number of carbonyl (C=O) groups is 1. The van der Waals surface area contributed by atoms with E-state index in [2.05, 4.69) is 15.1 Å². The van der Waals surface area contributed by atoms with Gasteiger partial charge in [0.1, 0.15) is 11.5 Å². The number of carbonyl (C=O) groups excluding carboxylic acids is 1. The van der Waals surface area contributed by atoms with Crippen LogP contribution in [-0.4, -0.2) is 36.7 Å². The van der Waals surface area contributed by atoms with Gasteiger partial charge < -0.3 is 0 Å². The van der Waals surface area contributed by atoms with E-state index in [9.17, 15) is 14.0 Å². The zero-order valence-electron chi connectivity index (χ0n) is 17.5. The second-order valence-corrected chi connectivity index (χ2v) is 9.44. The van der Waals surface area contributed by atoms with Crippen LogP contribution >= 0.6 is 23.1 Å². The third-order valence-corrected chi connectivity index (χ3v) is 6.98. The van der Waals surface area contributed by atoms with Crippen molar-refractivity contribution in [3.8, 4) is 0 Å². The molecule has 5 rings (SSSR count). The van der Waals surface area contributed by atoms with Gasteiger partial charge in [-0.2, -0.15) is 10.1 Å². The molecule has 0 unspecified atom stereocenters. The largest absolute Gasteiger partial charge is 0.355 e. The molecule has 33 heavy (non-hydrogen) atoms. The van der Waals surface area contributed by atoms with Crippen molar-refractivity contribution in [1.29, 1.82) is 0 Å². The molecule has 166 valence electrons. The Hall–Kier alpha value is -3.37. The first-order chi connectivity index (χ1) is 16.0. The van der Waals surface area contributed by atoms with Gasteiger partial charge in [0.2, 0.25) is 0 Å². The number of hydrogen-bond acceptors (Lipinski definition) is 7. The summed E-state index contributed by atoms with van der Waals surface area (Å²) in [7, 11) is 0. The van der Waals surface area contributed by atoms with Gasteiger partial charge in [-0.25, -0.2) is 19.2 Å². The van der Waals surface area contributed by atoms with Crippen LogP contribution in [0.4, 0.5) is 4.39 Å². The minimum absolute atomic E-state index is 0.0143. The monoisotopic (exact) mass is 479 g/mol. The average Bonchev–Trinajstić information content (AvgIpc) is 3.49. The van der Waals surface area contributed by atoms with Gasteiger partial charge in [-0.3, -0.25) is 9.20 Å². The number of hydrazone groups is 1. The van der Waals surface area contributed by atoms with Crippen LogP contribution in [0.5, 0.6) is 0 Å². The molecule has 0 saturated carbocycles. The zero-order chi connectivity index (χ0) is 22.9. The molecular formula is C23H18FN5O2S2. The topological polar surface area (TPSA) is 79.9 Å². The van der Waals surface area contributed by atoms with E-state index in [-0.39, 0.29) is 28.7 Å². The quantitative estimate of drug-likeness (QED) is 0.403. The van der Waals surface area contributed by atoms with E-state index in [1.165, 1.54) is 21.5 Å². The summed E-state index contributed by atoms with van der Waals surface area (Å²) in [6.07, 6.45) is 2.21. The maximum absolute atomic E-state index is 13.5. The van der Waals surface area contributed by atoms with Crippen LogP contribution in [0, 0.1) is 12.7 Å². The summed E-state index contributed by atoms with van der Waals surface area (Å²) in [5.74, 6) is -0.562. The minimum atomic E-state index is -0.443. The Morgan fingerprint density at radius 1 is 1.18 bits per heavy atom. The van der Waals surface area contributed by atoms with Gasteiger partial charge in [0.15, 0.2) is 5.16 Å². The van der Waals surface area contributed by atoms with E-state index in [1.54, 1.807) is 35.7 Å². The molecular weight excluding hydrogens is 461 g/mol. The number of hydrogen-bond donors (Lipinski definition) is 0. The van der Waals surface area contributed by atoms with Crippen LogP contribution in [-0.2, 0) is 4.79 Å². The second kappa shape index (κ2) is 8.87. The Kier molecular flexibility index (Phi) is 5.77. The number of thiophene rings is 1. The second-order valence-electron chi connectivity index (χ2n) is 7.55. The molecule has 1 amide bonds. The fraction of sp³-hybridized carbons (Fsp3) is 0.174. The zero-order valence-corrected chi connectivity index (χ0v) is 19.1. The van der Waals surface area contributed by atoms with E-state index in [0.717, 1.165) is 33.5 Å². The Morgan fingerprint density at radius 3 is 2.76 bits per heavy atom. The number of halogens is 1.